The summed E-state index contributed by atoms with van der Waals surface area (Å²) in [6.45, 7) is 5.21. The van der Waals surface area contributed by atoms with Crippen LogP contribution in [0.4, 0.5) is 13.2 Å². The first-order valence-electron chi connectivity index (χ1n) is 6.96. The third-order valence-electron chi connectivity index (χ3n) is 3.37. The molecule has 0 aliphatic carbocycles. The van der Waals surface area contributed by atoms with Crippen molar-refractivity contribution in [2.24, 2.45) is 0 Å². The summed E-state index contributed by atoms with van der Waals surface area (Å²) in [7, 11) is 0. The minimum Gasteiger partial charge on any atom is -0.361 e. The van der Waals surface area contributed by atoms with E-state index in [9.17, 15) is 18.0 Å². The van der Waals surface area contributed by atoms with E-state index in [0.29, 0.717) is 23.4 Å². The predicted octanol–water partition coefficient (Wildman–Crippen LogP) is 3.58. The highest BCUT2D eigenvalue weighted by atomic mass is 32.1. The Morgan fingerprint density at radius 2 is 2.13 bits per heavy atom. The lowest BCUT2D eigenvalue weighted by Crippen LogP contribution is -2.29. The van der Waals surface area contributed by atoms with Gasteiger partial charge in [-0.15, -0.1) is 11.3 Å². The summed E-state index contributed by atoms with van der Waals surface area (Å²) in [5, 5.41) is 7.68. The Hall–Kier alpha value is -1.90. The summed E-state index contributed by atoms with van der Waals surface area (Å²) in [4.78, 5) is 15.7. The Labute approximate surface area is 134 Å². The summed E-state index contributed by atoms with van der Waals surface area (Å²) in [6.07, 6.45) is -3.97. The monoisotopic (exact) mass is 347 g/mol. The lowest BCUT2D eigenvalue weighted by molar-refractivity contribution is -0.140. The topological polar surface area (TPSA) is 68.0 Å². The molecule has 0 spiro atoms. The van der Waals surface area contributed by atoms with Gasteiger partial charge in [-0.2, -0.15) is 13.2 Å². The molecule has 2 heterocycles. The van der Waals surface area contributed by atoms with Crippen LogP contribution >= 0.6 is 11.3 Å². The minimum atomic E-state index is -4.48. The molecule has 1 N–H and O–H groups in total. The second-order valence-electron chi connectivity index (χ2n) is 5.08. The van der Waals surface area contributed by atoms with E-state index in [-0.39, 0.29) is 17.3 Å². The van der Waals surface area contributed by atoms with Crippen LogP contribution in [0.3, 0.4) is 0 Å². The Balaban J connectivity index is 2.07. The van der Waals surface area contributed by atoms with E-state index in [1.807, 2.05) is 0 Å². The molecule has 1 amide bonds. The van der Waals surface area contributed by atoms with Crippen LogP contribution in [0.15, 0.2) is 9.90 Å². The van der Waals surface area contributed by atoms with E-state index < -0.39 is 17.9 Å². The summed E-state index contributed by atoms with van der Waals surface area (Å²) in [5.74, 6) is 0.245. The van der Waals surface area contributed by atoms with Crippen molar-refractivity contribution >= 4 is 17.2 Å². The lowest BCUT2D eigenvalue weighted by atomic mass is 10.1. The zero-order valence-corrected chi connectivity index (χ0v) is 13.6. The van der Waals surface area contributed by atoms with Gasteiger partial charge in [-0.25, -0.2) is 4.98 Å². The molecular formula is C14H16F3N3O2S. The van der Waals surface area contributed by atoms with Crippen molar-refractivity contribution in [2.75, 3.05) is 0 Å². The van der Waals surface area contributed by atoms with Crippen molar-refractivity contribution < 1.29 is 22.5 Å². The molecule has 0 aliphatic heterocycles. The first-order valence-corrected chi connectivity index (χ1v) is 7.84. The van der Waals surface area contributed by atoms with E-state index in [1.165, 1.54) is 0 Å². The van der Waals surface area contributed by atoms with Crippen molar-refractivity contribution in [3.8, 4) is 0 Å². The van der Waals surface area contributed by atoms with Crippen LogP contribution in [0, 0.1) is 13.8 Å². The number of alkyl halides is 3. The molecule has 0 saturated heterocycles. The number of hydrogen-bond donors (Lipinski definition) is 1. The lowest BCUT2D eigenvalue weighted by Gasteiger charge is -2.14. The van der Waals surface area contributed by atoms with Gasteiger partial charge < -0.3 is 9.84 Å². The molecule has 126 valence electrons. The molecule has 0 fully saturated rings. The van der Waals surface area contributed by atoms with Crippen LogP contribution in [-0.2, 0) is 17.4 Å². The SMILES string of the molecule is CC[C@H](NC(=O)Cc1c(C)noc1C)c1nc(C(F)(F)F)cs1. The maximum Gasteiger partial charge on any atom is 0.434 e. The molecule has 23 heavy (non-hydrogen) atoms. The van der Waals surface area contributed by atoms with E-state index in [0.717, 1.165) is 16.7 Å². The number of thiazole rings is 1. The number of aromatic nitrogens is 2. The maximum atomic E-state index is 12.6. The third kappa shape index (κ3) is 4.10. The summed E-state index contributed by atoms with van der Waals surface area (Å²) in [5.41, 5.74) is 0.377. The maximum absolute atomic E-state index is 12.6. The smallest absolute Gasteiger partial charge is 0.361 e. The average molecular weight is 347 g/mol. The number of amides is 1. The number of aryl methyl sites for hydroxylation is 2. The molecule has 2 aromatic rings. The Kier molecular flexibility index (Phi) is 5.08. The highest BCUT2D eigenvalue weighted by Crippen LogP contribution is 2.32. The molecule has 9 heteroatoms. The van der Waals surface area contributed by atoms with Crippen molar-refractivity contribution in [3.05, 3.63) is 33.1 Å². The third-order valence-corrected chi connectivity index (χ3v) is 4.33. The molecule has 1 atom stereocenters. The highest BCUT2D eigenvalue weighted by Gasteiger charge is 2.34. The molecule has 0 aliphatic rings. The highest BCUT2D eigenvalue weighted by molar-refractivity contribution is 7.09. The van der Waals surface area contributed by atoms with Crippen LogP contribution in [0.5, 0.6) is 0 Å². The Bertz CT molecular complexity index is 674. The number of carbonyl (C=O) groups is 1. The second-order valence-corrected chi connectivity index (χ2v) is 5.97. The largest absolute Gasteiger partial charge is 0.434 e. The van der Waals surface area contributed by atoms with Crippen LogP contribution in [0.2, 0.25) is 0 Å². The fourth-order valence-corrected chi connectivity index (χ4v) is 3.04. The van der Waals surface area contributed by atoms with Gasteiger partial charge in [0.1, 0.15) is 10.8 Å². The van der Waals surface area contributed by atoms with Gasteiger partial charge in [0, 0.05) is 10.9 Å². The van der Waals surface area contributed by atoms with Crippen molar-refractivity contribution in [2.45, 2.75) is 45.8 Å². The average Bonchev–Trinajstić information content (AvgIpc) is 3.07. The van der Waals surface area contributed by atoms with E-state index in [2.05, 4.69) is 15.5 Å². The van der Waals surface area contributed by atoms with Gasteiger partial charge in [-0.3, -0.25) is 4.79 Å². The molecule has 0 aromatic carbocycles. The van der Waals surface area contributed by atoms with E-state index >= 15 is 0 Å². The minimum absolute atomic E-state index is 0.0647. The number of rotatable bonds is 5. The van der Waals surface area contributed by atoms with Gasteiger partial charge in [-0.05, 0) is 20.3 Å². The van der Waals surface area contributed by atoms with Gasteiger partial charge in [0.2, 0.25) is 5.91 Å². The van der Waals surface area contributed by atoms with E-state index in [4.69, 9.17) is 4.52 Å². The van der Waals surface area contributed by atoms with Crippen LogP contribution in [0.25, 0.3) is 0 Å². The molecule has 2 aromatic heterocycles. The van der Waals surface area contributed by atoms with E-state index in [1.54, 1.807) is 20.8 Å². The van der Waals surface area contributed by atoms with Crippen molar-refractivity contribution in [3.63, 3.8) is 0 Å². The fraction of sp³-hybridized carbons (Fsp3) is 0.500. The number of carbonyl (C=O) groups excluding carboxylic acids is 1. The van der Waals surface area contributed by atoms with Gasteiger partial charge in [0.25, 0.3) is 0 Å². The number of nitrogens with one attached hydrogen (secondary N) is 1. The van der Waals surface area contributed by atoms with Gasteiger partial charge in [0.05, 0.1) is 18.2 Å². The molecule has 0 saturated carbocycles. The van der Waals surface area contributed by atoms with Crippen LogP contribution < -0.4 is 5.32 Å². The first-order chi connectivity index (χ1) is 10.7. The zero-order chi connectivity index (χ0) is 17.2. The second kappa shape index (κ2) is 6.69. The Morgan fingerprint density at radius 3 is 2.61 bits per heavy atom. The molecule has 5 nitrogen and oxygen atoms in total. The number of hydrogen-bond acceptors (Lipinski definition) is 5. The molecule has 2 rings (SSSR count). The van der Waals surface area contributed by atoms with Crippen molar-refractivity contribution in [1.82, 2.24) is 15.5 Å². The molecule has 0 radical (unpaired) electrons. The summed E-state index contributed by atoms with van der Waals surface area (Å²) in [6, 6.07) is -0.552. The first kappa shape index (κ1) is 17.5. The van der Waals surface area contributed by atoms with Gasteiger partial charge in [0.15, 0.2) is 5.69 Å². The summed E-state index contributed by atoms with van der Waals surface area (Å²) < 4.78 is 42.8. The summed E-state index contributed by atoms with van der Waals surface area (Å²) >= 11 is 0.889. The van der Waals surface area contributed by atoms with Gasteiger partial charge in [-0.1, -0.05) is 12.1 Å². The molecular weight excluding hydrogens is 331 g/mol. The van der Waals surface area contributed by atoms with Crippen LogP contribution in [0.1, 0.15) is 47.1 Å². The number of halogens is 3. The molecule has 0 bridgehead atoms. The molecule has 0 unspecified atom stereocenters. The Morgan fingerprint density at radius 1 is 1.43 bits per heavy atom. The normalized spacial score (nSPS) is 13.1. The zero-order valence-electron chi connectivity index (χ0n) is 12.8. The predicted molar refractivity (Wildman–Crippen MR) is 78.0 cm³/mol. The van der Waals surface area contributed by atoms with Crippen LogP contribution in [-0.4, -0.2) is 16.0 Å². The van der Waals surface area contributed by atoms with Crippen molar-refractivity contribution in [1.29, 1.82) is 0 Å². The quantitative estimate of drug-likeness (QED) is 0.898. The fourth-order valence-electron chi connectivity index (χ4n) is 2.08. The number of nitrogens with zero attached hydrogens (tertiary/aromatic N) is 2. The van der Waals surface area contributed by atoms with Gasteiger partial charge >= 0.3 is 6.18 Å². The standard InChI is InChI=1S/C14H16F3N3O2S/c1-4-10(13-19-11(6-23-13)14(15,16)17)18-12(21)5-9-7(2)20-22-8(9)3/h6,10H,4-5H2,1-3H3,(H,18,21)/t10-/m0/s1.